The number of amides is 4. The molecule has 0 aliphatic carbocycles. The van der Waals surface area contributed by atoms with Gasteiger partial charge in [0.05, 0.1) is 21.4 Å². The van der Waals surface area contributed by atoms with Crippen molar-refractivity contribution in [3.63, 3.8) is 0 Å². The van der Waals surface area contributed by atoms with E-state index in [0.29, 0.717) is 21.4 Å². The summed E-state index contributed by atoms with van der Waals surface area (Å²) >= 11 is 18.9. The molecule has 2 aliphatic rings. The van der Waals surface area contributed by atoms with E-state index < -0.39 is 0 Å². The van der Waals surface area contributed by atoms with Crippen molar-refractivity contribution in [2.24, 2.45) is 0 Å². The Morgan fingerprint density at radius 3 is 1.09 bits per heavy atom. The number of carbonyl (C=O) groups excluding carboxylic acids is 4. The summed E-state index contributed by atoms with van der Waals surface area (Å²) in [6.45, 7) is 5.87. The summed E-state index contributed by atoms with van der Waals surface area (Å²) in [5, 5.41) is 12.0. The molecule has 0 fully saturated rings. The van der Waals surface area contributed by atoms with E-state index in [1.54, 1.807) is 47.0 Å². The monoisotopic (exact) mass is 728 g/mol. The van der Waals surface area contributed by atoms with Crippen LogP contribution in [0.15, 0.2) is 99.8 Å². The SMILES string of the molecule is CC(=O)Nc1cc2c(cc1Cl)Sc1cc(NC(C)=O)c(Cl)cc1S2.CC(=O)Nc1ccc2c(c1)Sc1cc(NC(C)=O)ccc1S2. The molecule has 0 saturated carbocycles. The molecule has 4 N–H and O–H groups in total. The first kappa shape index (κ1) is 34.1. The molecule has 2 aliphatic heterocycles. The molecule has 0 bridgehead atoms. The first-order valence-corrected chi connectivity index (χ1v) is 17.6. The molecule has 0 atom stereocenters. The largest absolute Gasteiger partial charge is 0.326 e. The van der Waals surface area contributed by atoms with Gasteiger partial charge in [-0.05, 0) is 60.7 Å². The smallest absolute Gasteiger partial charge is 0.221 e. The van der Waals surface area contributed by atoms with Crippen molar-refractivity contribution in [2.75, 3.05) is 21.3 Å². The minimum absolute atomic E-state index is 0.0817. The van der Waals surface area contributed by atoms with E-state index >= 15 is 0 Å². The normalized spacial score (nSPS) is 12.1. The van der Waals surface area contributed by atoms with Gasteiger partial charge < -0.3 is 21.3 Å². The fourth-order valence-electron chi connectivity index (χ4n) is 4.34. The van der Waals surface area contributed by atoms with Crippen molar-refractivity contribution >= 4 is 117 Å². The van der Waals surface area contributed by atoms with Gasteiger partial charge in [0.15, 0.2) is 0 Å². The van der Waals surface area contributed by atoms with Crippen LogP contribution < -0.4 is 21.3 Å². The molecule has 4 aromatic carbocycles. The molecular formula is C32H26Cl2N4O4S4. The van der Waals surface area contributed by atoms with Crippen molar-refractivity contribution < 1.29 is 19.2 Å². The Hall–Kier alpha value is -3.26. The number of halogens is 2. The first-order valence-electron chi connectivity index (χ1n) is 13.6. The fourth-order valence-corrected chi connectivity index (χ4v) is 9.48. The second-order valence-corrected chi connectivity index (χ2v) is 15.2. The van der Waals surface area contributed by atoms with Gasteiger partial charge in [-0.3, -0.25) is 19.2 Å². The first-order chi connectivity index (χ1) is 21.8. The standard InChI is InChI=1S/C16H12Cl2N2O2S2.C16H14N2O2S2/c1-7(21)19-11-5-15-13(3-9(11)17)24-16-6-12(20-8(2)22)10(18)4-14(16)23-15;1-9(19)17-11-3-5-13-15(7-11)22-16-8-12(18-10(2)20)4-6-14(16)21-13/h3-6H,1-2H3,(H,19,21)(H,20,22);3-8H,1-2H3,(H,17,19)(H,18,20). The van der Waals surface area contributed by atoms with Crippen LogP contribution >= 0.6 is 70.2 Å². The predicted octanol–water partition coefficient (Wildman–Crippen LogP) is 9.75. The molecule has 2 heterocycles. The lowest BCUT2D eigenvalue weighted by atomic mass is 10.3. The summed E-state index contributed by atoms with van der Waals surface area (Å²) in [6.07, 6.45) is 0. The lowest BCUT2D eigenvalue weighted by Gasteiger charge is -2.21. The third-order valence-corrected chi connectivity index (χ3v) is 11.7. The average molecular weight is 730 g/mol. The number of nitrogens with one attached hydrogen (secondary N) is 4. The van der Waals surface area contributed by atoms with Gasteiger partial charge in [-0.25, -0.2) is 0 Å². The lowest BCUT2D eigenvalue weighted by Crippen LogP contribution is -2.07. The maximum absolute atomic E-state index is 11.3. The quantitative estimate of drug-likeness (QED) is 0.142. The van der Waals surface area contributed by atoms with Gasteiger partial charge in [-0.1, -0.05) is 70.2 Å². The molecule has 0 aromatic heterocycles. The number of fused-ring (bicyclic) bond motifs is 4. The summed E-state index contributed by atoms with van der Waals surface area (Å²) in [6, 6.07) is 19.2. The Bertz CT molecular complexity index is 1790. The van der Waals surface area contributed by atoms with E-state index in [0.717, 1.165) is 40.7 Å². The number of hydrogen-bond donors (Lipinski definition) is 4. The van der Waals surface area contributed by atoms with Crippen LogP contribution in [0.25, 0.3) is 0 Å². The average Bonchev–Trinajstić information content (AvgIpc) is 2.95. The Balaban J connectivity index is 0.000000182. The van der Waals surface area contributed by atoms with Gasteiger partial charge in [-0.2, -0.15) is 0 Å². The molecule has 8 nitrogen and oxygen atoms in total. The van der Waals surface area contributed by atoms with E-state index in [9.17, 15) is 19.2 Å². The van der Waals surface area contributed by atoms with Crippen molar-refractivity contribution in [1.82, 2.24) is 0 Å². The Morgan fingerprint density at radius 1 is 0.435 bits per heavy atom. The van der Waals surface area contributed by atoms with E-state index in [2.05, 4.69) is 21.3 Å². The number of carbonyl (C=O) groups is 4. The summed E-state index contributed by atoms with van der Waals surface area (Å²) in [4.78, 5) is 53.4. The number of anilines is 4. The minimum atomic E-state index is -0.172. The minimum Gasteiger partial charge on any atom is -0.326 e. The summed E-state index contributed by atoms with van der Waals surface area (Å²) in [5.41, 5.74) is 2.75. The van der Waals surface area contributed by atoms with E-state index in [4.69, 9.17) is 23.2 Å². The third-order valence-electron chi connectivity index (χ3n) is 6.10. The molecule has 4 amide bonds. The fraction of sp³-hybridized carbons (Fsp3) is 0.125. The Morgan fingerprint density at radius 2 is 0.739 bits per heavy atom. The highest BCUT2D eigenvalue weighted by molar-refractivity contribution is 8.05. The Labute approximate surface area is 292 Å². The highest BCUT2D eigenvalue weighted by Gasteiger charge is 2.22. The van der Waals surface area contributed by atoms with Gasteiger partial charge >= 0.3 is 0 Å². The van der Waals surface area contributed by atoms with E-state index in [-0.39, 0.29) is 23.6 Å². The number of hydrogen-bond acceptors (Lipinski definition) is 8. The van der Waals surface area contributed by atoms with Gasteiger partial charge in [-0.15, -0.1) is 0 Å². The van der Waals surface area contributed by atoms with Crippen LogP contribution in [0.2, 0.25) is 10.0 Å². The van der Waals surface area contributed by atoms with Crippen LogP contribution in [-0.2, 0) is 19.2 Å². The third kappa shape index (κ3) is 8.55. The van der Waals surface area contributed by atoms with Crippen LogP contribution in [0.3, 0.4) is 0 Å². The number of benzene rings is 4. The molecule has 0 radical (unpaired) electrons. The zero-order valence-electron chi connectivity index (χ0n) is 24.8. The lowest BCUT2D eigenvalue weighted by molar-refractivity contribution is -0.115. The second-order valence-electron chi connectivity index (χ2n) is 10.0. The zero-order chi connectivity index (χ0) is 33.1. The van der Waals surface area contributed by atoms with Crippen molar-refractivity contribution in [3.05, 3.63) is 70.7 Å². The van der Waals surface area contributed by atoms with Gasteiger partial charge in [0.1, 0.15) is 0 Å². The molecule has 4 aromatic rings. The maximum atomic E-state index is 11.3. The van der Waals surface area contributed by atoms with Crippen LogP contribution in [0.1, 0.15) is 27.7 Å². The summed E-state index contributed by atoms with van der Waals surface area (Å²) < 4.78 is 0. The van der Waals surface area contributed by atoms with Gasteiger partial charge in [0.2, 0.25) is 23.6 Å². The molecular weight excluding hydrogens is 704 g/mol. The van der Waals surface area contributed by atoms with Crippen molar-refractivity contribution in [3.8, 4) is 0 Å². The van der Waals surface area contributed by atoms with Gasteiger partial charge in [0, 0.05) is 78.2 Å². The maximum Gasteiger partial charge on any atom is 0.221 e. The Kier molecular flexibility index (Phi) is 10.9. The zero-order valence-corrected chi connectivity index (χ0v) is 29.6. The molecule has 14 heteroatoms. The van der Waals surface area contributed by atoms with Gasteiger partial charge in [0.25, 0.3) is 0 Å². The highest BCUT2D eigenvalue weighted by Crippen LogP contribution is 2.52. The van der Waals surface area contributed by atoms with Crippen LogP contribution in [-0.4, -0.2) is 23.6 Å². The molecule has 0 saturated heterocycles. The summed E-state index contributed by atoms with van der Waals surface area (Å²) in [5.74, 6) is -0.508. The molecule has 46 heavy (non-hydrogen) atoms. The second kappa shape index (κ2) is 14.7. The van der Waals surface area contributed by atoms with E-state index in [1.165, 1.54) is 37.5 Å². The predicted molar refractivity (Wildman–Crippen MR) is 189 cm³/mol. The highest BCUT2D eigenvalue weighted by atomic mass is 35.5. The van der Waals surface area contributed by atoms with Crippen LogP contribution in [0, 0.1) is 0 Å². The van der Waals surface area contributed by atoms with E-state index in [1.807, 2.05) is 60.7 Å². The van der Waals surface area contributed by atoms with Crippen LogP contribution in [0.4, 0.5) is 22.7 Å². The number of rotatable bonds is 4. The molecule has 236 valence electrons. The molecule has 0 unspecified atom stereocenters. The van der Waals surface area contributed by atoms with Crippen molar-refractivity contribution in [2.45, 2.75) is 66.9 Å². The summed E-state index contributed by atoms with van der Waals surface area (Å²) in [7, 11) is 0. The molecule has 0 spiro atoms. The molecule has 6 rings (SSSR count). The topological polar surface area (TPSA) is 116 Å². The van der Waals surface area contributed by atoms with Crippen molar-refractivity contribution in [1.29, 1.82) is 0 Å². The van der Waals surface area contributed by atoms with Crippen LogP contribution in [0.5, 0.6) is 0 Å².